The molecule has 0 radical (unpaired) electrons. The van der Waals surface area contributed by atoms with Crippen LogP contribution in [0, 0.1) is 5.92 Å². The molecule has 1 aromatic rings. The van der Waals surface area contributed by atoms with Gasteiger partial charge >= 0.3 is 0 Å². The van der Waals surface area contributed by atoms with Gasteiger partial charge in [0.2, 0.25) is 5.91 Å². The third-order valence-corrected chi connectivity index (χ3v) is 4.24. The Kier molecular flexibility index (Phi) is 5.76. The standard InChI is InChI=1S/C17H27N3O/c1-14(2)16(18)12-17(21)20-10-8-19(9-11-20)13-15-6-4-3-5-7-15/h3-7,14,16H,8-13,18H2,1-2H3. The molecule has 1 saturated heterocycles. The summed E-state index contributed by atoms with van der Waals surface area (Å²) in [6.45, 7) is 8.61. The number of nitrogens with zero attached hydrogens (tertiary/aromatic N) is 2. The molecule has 1 aromatic carbocycles. The third-order valence-electron chi connectivity index (χ3n) is 4.24. The van der Waals surface area contributed by atoms with Crippen molar-refractivity contribution in [1.29, 1.82) is 0 Å². The van der Waals surface area contributed by atoms with Crippen LogP contribution in [-0.2, 0) is 11.3 Å². The highest BCUT2D eigenvalue weighted by molar-refractivity contribution is 5.77. The molecule has 1 heterocycles. The Hall–Kier alpha value is -1.39. The Balaban J connectivity index is 1.76. The highest BCUT2D eigenvalue weighted by Crippen LogP contribution is 2.11. The van der Waals surface area contributed by atoms with Crippen LogP contribution >= 0.6 is 0 Å². The van der Waals surface area contributed by atoms with Crippen LogP contribution in [0.3, 0.4) is 0 Å². The molecule has 1 unspecified atom stereocenters. The maximum atomic E-state index is 12.2. The van der Waals surface area contributed by atoms with Gasteiger partial charge in [0.1, 0.15) is 0 Å². The SMILES string of the molecule is CC(C)C(N)CC(=O)N1CCN(Cc2ccccc2)CC1. The smallest absolute Gasteiger partial charge is 0.224 e. The zero-order chi connectivity index (χ0) is 15.2. The lowest BCUT2D eigenvalue weighted by atomic mass is 10.0. The number of carbonyl (C=O) groups excluding carboxylic acids is 1. The summed E-state index contributed by atoms with van der Waals surface area (Å²) in [6, 6.07) is 10.5. The molecule has 0 spiro atoms. The van der Waals surface area contributed by atoms with Crippen LogP contribution in [0.15, 0.2) is 30.3 Å². The molecule has 2 N–H and O–H groups in total. The molecule has 0 aliphatic carbocycles. The van der Waals surface area contributed by atoms with Gasteiger partial charge < -0.3 is 10.6 Å². The van der Waals surface area contributed by atoms with E-state index in [2.05, 4.69) is 43.0 Å². The minimum absolute atomic E-state index is 0.0279. The largest absolute Gasteiger partial charge is 0.340 e. The molecule has 0 aromatic heterocycles. The molecule has 1 atom stereocenters. The number of carbonyl (C=O) groups is 1. The average molecular weight is 289 g/mol. The predicted molar refractivity (Wildman–Crippen MR) is 85.7 cm³/mol. The van der Waals surface area contributed by atoms with E-state index in [4.69, 9.17) is 5.73 Å². The Morgan fingerprint density at radius 1 is 1.14 bits per heavy atom. The van der Waals surface area contributed by atoms with E-state index in [1.165, 1.54) is 5.56 Å². The Labute approximate surface area is 127 Å². The van der Waals surface area contributed by atoms with Crippen molar-refractivity contribution in [3.63, 3.8) is 0 Å². The fraction of sp³-hybridized carbons (Fsp3) is 0.588. The highest BCUT2D eigenvalue weighted by Gasteiger charge is 2.23. The summed E-state index contributed by atoms with van der Waals surface area (Å²) in [7, 11) is 0. The Morgan fingerprint density at radius 2 is 1.76 bits per heavy atom. The normalized spacial score (nSPS) is 18.0. The van der Waals surface area contributed by atoms with Crippen LogP contribution in [0.4, 0.5) is 0 Å². The van der Waals surface area contributed by atoms with E-state index in [1.54, 1.807) is 0 Å². The van der Waals surface area contributed by atoms with Crippen molar-refractivity contribution in [1.82, 2.24) is 9.80 Å². The summed E-state index contributed by atoms with van der Waals surface area (Å²) < 4.78 is 0. The third kappa shape index (κ3) is 4.83. The highest BCUT2D eigenvalue weighted by atomic mass is 16.2. The van der Waals surface area contributed by atoms with Gasteiger partial charge in [-0.05, 0) is 11.5 Å². The van der Waals surface area contributed by atoms with E-state index in [9.17, 15) is 4.79 Å². The van der Waals surface area contributed by atoms with Gasteiger partial charge in [-0.1, -0.05) is 44.2 Å². The van der Waals surface area contributed by atoms with Crippen molar-refractivity contribution in [2.24, 2.45) is 11.7 Å². The fourth-order valence-corrected chi connectivity index (χ4v) is 2.56. The van der Waals surface area contributed by atoms with Gasteiger partial charge in [-0.2, -0.15) is 0 Å². The van der Waals surface area contributed by atoms with Crippen molar-refractivity contribution < 1.29 is 4.79 Å². The number of hydrogen-bond acceptors (Lipinski definition) is 3. The lowest BCUT2D eigenvalue weighted by molar-refractivity contribution is -0.133. The van der Waals surface area contributed by atoms with E-state index >= 15 is 0 Å². The number of piperazine rings is 1. The van der Waals surface area contributed by atoms with Gasteiger partial charge in [0.15, 0.2) is 0 Å². The number of hydrogen-bond donors (Lipinski definition) is 1. The summed E-state index contributed by atoms with van der Waals surface area (Å²) in [6.07, 6.45) is 0.469. The first kappa shape index (κ1) is 16.0. The van der Waals surface area contributed by atoms with Crippen LogP contribution in [-0.4, -0.2) is 47.9 Å². The topological polar surface area (TPSA) is 49.6 Å². The van der Waals surface area contributed by atoms with Crippen LogP contribution < -0.4 is 5.73 Å². The fourth-order valence-electron chi connectivity index (χ4n) is 2.56. The number of benzene rings is 1. The number of rotatable bonds is 5. The second-order valence-electron chi connectivity index (χ2n) is 6.25. The summed E-state index contributed by atoms with van der Waals surface area (Å²) in [5.74, 6) is 0.559. The van der Waals surface area contributed by atoms with Crippen LogP contribution in [0.25, 0.3) is 0 Å². The van der Waals surface area contributed by atoms with Crippen molar-refractivity contribution >= 4 is 5.91 Å². The summed E-state index contributed by atoms with van der Waals surface area (Å²) in [5.41, 5.74) is 7.33. The summed E-state index contributed by atoms with van der Waals surface area (Å²) in [4.78, 5) is 16.6. The van der Waals surface area contributed by atoms with Gasteiger partial charge in [0.25, 0.3) is 0 Å². The first-order chi connectivity index (χ1) is 10.1. The molecule has 1 amide bonds. The van der Waals surface area contributed by atoms with Gasteiger partial charge in [0, 0.05) is 45.2 Å². The van der Waals surface area contributed by atoms with E-state index in [1.807, 2.05) is 11.0 Å². The minimum Gasteiger partial charge on any atom is -0.340 e. The first-order valence-electron chi connectivity index (χ1n) is 7.86. The van der Waals surface area contributed by atoms with Gasteiger partial charge in [-0.3, -0.25) is 9.69 Å². The maximum Gasteiger partial charge on any atom is 0.224 e. The molecule has 1 aliphatic rings. The molecular formula is C17H27N3O. The molecule has 21 heavy (non-hydrogen) atoms. The van der Waals surface area contributed by atoms with E-state index in [-0.39, 0.29) is 11.9 Å². The lowest BCUT2D eigenvalue weighted by Crippen LogP contribution is -2.49. The molecule has 0 bridgehead atoms. The molecular weight excluding hydrogens is 262 g/mol. The predicted octanol–water partition coefficient (Wildman–Crippen LogP) is 1.70. The van der Waals surface area contributed by atoms with Crippen LogP contribution in [0.2, 0.25) is 0 Å². The molecule has 4 heteroatoms. The van der Waals surface area contributed by atoms with E-state index in [0.29, 0.717) is 12.3 Å². The summed E-state index contributed by atoms with van der Waals surface area (Å²) >= 11 is 0. The van der Waals surface area contributed by atoms with Gasteiger partial charge in [0.05, 0.1) is 0 Å². The van der Waals surface area contributed by atoms with Crippen molar-refractivity contribution in [3.05, 3.63) is 35.9 Å². The van der Waals surface area contributed by atoms with Gasteiger partial charge in [-0.25, -0.2) is 0 Å². The van der Waals surface area contributed by atoms with Crippen molar-refractivity contribution in [2.45, 2.75) is 32.9 Å². The van der Waals surface area contributed by atoms with Crippen molar-refractivity contribution in [2.75, 3.05) is 26.2 Å². The Morgan fingerprint density at radius 3 is 2.33 bits per heavy atom. The second kappa shape index (κ2) is 7.57. The van der Waals surface area contributed by atoms with Gasteiger partial charge in [-0.15, -0.1) is 0 Å². The molecule has 0 saturated carbocycles. The van der Waals surface area contributed by atoms with Crippen molar-refractivity contribution in [3.8, 4) is 0 Å². The zero-order valence-corrected chi connectivity index (χ0v) is 13.2. The minimum atomic E-state index is -0.0279. The van der Waals surface area contributed by atoms with Crippen LogP contribution in [0.5, 0.6) is 0 Å². The molecule has 1 fully saturated rings. The first-order valence-corrected chi connectivity index (χ1v) is 7.86. The number of amides is 1. The molecule has 1 aliphatic heterocycles. The van der Waals surface area contributed by atoms with E-state index in [0.717, 1.165) is 32.7 Å². The maximum absolute atomic E-state index is 12.2. The van der Waals surface area contributed by atoms with Crippen LogP contribution in [0.1, 0.15) is 25.8 Å². The Bertz CT molecular complexity index is 439. The second-order valence-corrected chi connectivity index (χ2v) is 6.25. The molecule has 4 nitrogen and oxygen atoms in total. The van der Waals surface area contributed by atoms with E-state index < -0.39 is 0 Å². The summed E-state index contributed by atoms with van der Waals surface area (Å²) in [5, 5.41) is 0. The molecule has 116 valence electrons. The average Bonchev–Trinajstić information content (AvgIpc) is 2.48. The monoisotopic (exact) mass is 289 g/mol. The number of nitrogens with two attached hydrogens (primary N) is 1. The lowest BCUT2D eigenvalue weighted by Gasteiger charge is -2.35. The quantitative estimate of drug-likeness (QED) is 0.897. The molecule has 2 rings (SSSR count). The zero-order valence-electron chi connectivity index (χ0n) is 13.2.